The molecule has 0 saturated carbocycles. The molecule has 7 heteroatoms. The van der Waals surface area contributed by atoms with Crippen LogP contribution in [0.2, 0.25) is 0 Å². The Balaban J connectivity index is 2.59. The average molecular weight is 292 g/mol. The van der Waals surface area contributed by atoms with Gasteiger partial charge < -0.3 is 9.73 Å². The van der Waals surface area contributed by atoms with Crippen molar-refractivity contribution in [2.75, 3.05) is 19.1 Å². The molecule has 1 rings (SSSR count). The molecule has 0 aromatic carbocycles. The lowest BCUT2D eigenvalue weighted by Crippen LogP contribution is -2.29. The Morgan fingerprint density at radius 1 is 1.44 bits per heavy atom. The zero-order valence-electron chi connectivity index (χ0n) is 10.9. The summed E-state index contributed by atoms with van der Waals surface area (Å²) in [6.45, 7) is 2.66. The van der Waals surface area contributed by atoms with E-state index in [0.29, 0.717) is 18.3 Å². The van der Waals surface area contributed by atoms with Gasteiger partial charge in [-0.05, 0) is 31.9 Å². The van der Waals surface area contributed by atoms with Gasteiger partial charge in [0.15, 0.2) is 0 Å². The second-order valence-electron chi connectivity index (χ2n) is 3.87. The SMILES string of the molecule is CCC(CSC)NCc1ccc(S(=O)(=O)NC)o1. The molecule has 0 saturated heterocycles. The summed E-state index contributed by atoms with van der Waals surface area (Å²) in [7, 11) is -2.12. The summed E-state index contributed by atoms with van der Waals surface area (Å²) in [5.41, 5.74) is 0. The lowest BCUT2D eigenvalue weighted by atomic mass is 10.2. The van der Waals surface area contributed by atoms with Crippen LogP contribution >= 0.6 is 11.8 Å². The number of hydrogen-bond donors (Lipinski definition) is 2. The molecule has 0 aliphatic heterocycles. The van der Waals surface area contributed by atoms with Crippen LogP contribution in [-0.4, -0.2) is 33.5 Å². The Bertz CT molecular complexity index is 457. The fraction of sp³-hybridized carbons (Fsp3) is 0.636. The fourth-order valence-electron chi connectivity index (χ4n) is 1.47. The predicted octanol–water partition coefficient (Wildman–Crippen LogP) is 1.42. The van der Waals surface area contributed by atoms with Gasteiger partial charge in [-0.25, -0.2) is 13.1 Å². The van der Waals surface area contributed by atoms with Crippen LogP contribution in [-0.2, 0) is 16.6 Å². The molecule has 0 bridgehead atoms. The van der Waals surface area contributed by atoms with Crippen LogP contribution in [0.5, 0.6) is 0 Å². The minimum Gasteiger partial charge on any atom is -0.447 e. The van der Waals surface area contributed by atoms with Crippen LogP contribution in [0.3, 0.4) is 0 Å². The van der Waals surface area contributed by atoms with Crippen molar-refractivity contribution in [3.8, 4) is 0 Å². The molecule has 1 unspecified atom stereocenters. The van der Waals surface area contributed by atoms with Crippen LogP contribution in [0.15, 0.2) is 21.6 Å². The van der Waals surface area contributed by atoms with Crippen molar-refractivity contribution in [3.05, 3.63) is 17.9 Å². The van der Waals surface area contributed by atoms with Gasteiger partial charge in [0.1, 0.15) is 5.76 Å². The highest BCUT2D eigenvalue weighted by Gasteiger charge is 2.16. The number of furan rings is 1. The molecule has 0 aliphatic carbocycles. The van der Waals surface area contributed by atoms with Gasteiger partial charge in [0.25, 0.3) is 10.0 Å². The average Bonchev–Trinajstić information content (AvgIpc) is 2.84. The summed E-state index contributed by atoms with van der Waals surface area (Å²) in [4.78, 5) is 0. The molecule has 18 heavy (non-hydrogen) atoms. The summed E-state index contributed by atoms with van der Waals surface area (Å²) < 4.78 is 30.5. The fourth-order valence-corrected chi connectivity index (χ4v) is 2.89. The Kier molecular flexibility index (Phi) is 6.20. The maximum absolute atomic E-state index is 11.5. The zero-order chi connectivity index (χ0) is 13.6. The third-order valence-electron chi connectivity index (χ3n) is 2.60. The monoisotopic (exact) mass is 292 g/mol. The van der Waals surface area contributed by atoms with E-state index in [1.807, 2.05) is 0 Å². The first kappa shape index (κ1) is 15.6. The highest BCUT2D eigenvalue weighted by Crippen LogP contribution is 2.13. The van der Waals surface area contributed by atoms with Gasteiger partial charge in [-0.15, -0.1) is 0 Å². The predicted molar refractivity (Wildman–Crippen MR) is 74.3 cm³/mol. The van der Waals surface area contributed by atoms with Crippen molar-refractivity contribution in [1.82, 2.24) is 10.0 Å². The number of sulfonamides is 1. The smallest absolute Gasteiger partial charge is 0.273 e. The van der Waals surface area contributed by atoms with Gasteiger partial charge in [0.05, 0.1) is 6.54 Å². The molecular formula is C11H20N2O3S2. The molecule has 1 aromatic heterocycles. The molecule has 0 fully saturated rings. The Morgan fingerprint density at radius 3 is 2.72 bits per heavy atom. The van der Waals surface area contributed by atoms with E-state index in [9.17, 15) is 8.42 Å². The number of hydrogen-bond acceptors (Lipinski definition) is 5. The van der Waals surface area contributed by atoms with Crippen molar-refractivity contribution in [2.45, 2.75) is 31.0 Å². The summed E-state index contributed by atoms with van der Waals surface area (Å²) >= 11 is 1.78. The Hall–Kier alpha value is -0.500. The van der Waals surface area contributed by atoms with Crippen LogP contribution in [0, 0.1) is 0 Å². The highest BCUT2D eigenvalue weighted by atomic mass is 32.2. The Labute approximate surface area is 113 Å². The maximum Gasteiger partial charge on any atom is 0.273 e. The number of thioether (sulfide) groups is 1. The summed E-state index contributed by atoms with van der Waals surface area (Å²) in [5.74, 6) is 1.65. The van der Waals surface area contributed by atoms with Gasteiger partial charge in [-0.2, -0.15) is 11.8 Å². The van der Waals surface area contributed by atoms with E-state index in [2.05, 4.69) is 23.2 Å². The lowest BCUT2D eigenvalue weighted by molar-refractivity contribution is 0.390. The second-order valence-corrected chi connectivity index (χ2v) is 6.60. The van der Waals surface area contributed by atoms with Crippen molar-refractivity contribution < 1.29 is 12.8 Å². The summed E-state index contributed by atoms with van der Waals surface area (Å²) in [6.07, 6.45) is 3.10. The lowest BCUT2D eigenvalue weighted by Gasteiger charge is -2.14. The summed E-state index contributed by atoms with van der Waals surface area (Å²) in [5, 5.41) is 3.30. The molecule has 5 nitrogen and oxygen atoms in total. The topological polar surface area (TPSA) is 71.3 Å². The van der Waals surface area contributed by atoms with Crippen molar-refractivity contribution in [1.29, 1.82) is 0 Å². The van der Waals surface area contributed by atoms with Gasteiger partial charge in [-0.1, -0.05) is 6.92 Å². The first-order valence-electron chi connectivity index (χ1n) is 5.78. The number of nitrogens with one attached hydrogen (secondary N) is 2. The first-order valence-corrected chi connectivity index (χ1v) is 8.65. The van der Waals surface area contributed by atoms with E-state index < -0.39 is 10.0 Å². The van der Waals surface area contributed by atoms with Crippen LogP contribution in [0.25, 0.3) is 0 Å². The molecule has 0 amide bonds. The molecule has 2 N–H and O–H groups in total. The van der Waals surface area contributed by atoms with Gasteiger partial charge >= 0.3 is 0 Å². The Morgan fingerprint density at radius 2 is 2.17 bits per heavy atom. The normalized spacial score (nSPS) is 13.7. The third kappa shape index (κ3) is 4.31. The largest absolute Gasteiger partial charge is 0.447 e. The van der Waals surface area contributed by atoms with E-state index >= 15 is 0 Å². The van der Waals surface area contributed by atoms with E-state index in [0.717, 1.165) is 12.2 Å². The van der Waals surface area contributed by atoms with Gasteiger partial charge in [0.2, 0.25) is 5.09 Å². The maximum atomic E-state index is 11.5. The minimum absolute atomic E-state index is 0.0419. The van der Waals surface area contributed by atoms with Crippen molar-refractivity contribution >= 4 is 21.8 Å². The van der Waals surface area contributed by atoms with Gasteiger partial charge in [0, 0.05) is 11.8 Å². The quantitative estimate of drug-likeness (QED) is 0.758. The number of rotatable bonds is 8. The molecule has 1 atom stereocenters. The van der Waals surface area contributed by atoms with Crippen molar-refractivity contribution in [3.63, 3.8) is 0 Å². The molecular weight excluding hydrogens is 272 g/mol. The molecule has 1 aromatic rings. The van der Waals surface area contributed by atoms with Crippen LogP contribution in [0.4, 0.5) is 0 Å². The summed E-state index contributed by atoms with van der Waals surface area (Å²) in [6, 6.07) is 3.57. The van der Waals surface area contributed by atoms with E-state index in [1.54, 1.807) is 17.8 Å². The third-order valence-corrected chi connectivity index (χ3v) is 4.62. The van der Waals surface area contributed by atoms with Crippen LogP contribution in [0.1, 0.15) is 19.1 Å². The first-order chi connectivity index (χ1) is 8.53. The molecule has 0 radical (unpaired) electrons. The molecule has 104 valence electrons. The standard InChI is InChI=1S/C11H20N2O3S2/c1-4-9(8-17-3)13-7-10-5-6-11(16-10)18(14,15)12-2/h5-6,9,12-13H,4,7-8H2,1-3H3. The zero-order valence-corrected chi connectivity index (χ0v) is 12.5. The van der Waals surface area contributed by atoms with Gasteiger partial charge in [-0.3, -0.25) is 0 Å². The van der Waals surface area contributed by atoms with E-state index in [-0.39, 0.29) is 5.09 Å². The minimum atomic E-state index is -3.48. The second kappa shape index (κ2) is 7.18. The molecule has 0 spiro atoms. The van der Waals surface area contributed by atoms with Crippen LogP contribution < -0.4 is 10.0 Å². The highest BCUT2D eigenvalue weighted by molar-refractivity contribution is 7.98. The van der Waals surface area contributed by atoms with Crippen molar-refractivity contribution in [2.24, 2.45) is 0 Å². The molecule has 0 aliphatic rings. The molecule has 1 heterocycles. The van der Waals surface area contributed by atoms with E-state index in [4.69, 9.17) is 4.42 Å². The van der Waals surface area contributed by atoms with E-state index in [1.165, 1.54) is 13.1 Å².